The number of ether oxygens (including phenoxy) is 1. The number of hydrogen-bond donors (Lipinski definition) is 2. The van der Waals surface area contributed by atoms with E-state index < -0.39 is 0 Å². The Balaban J connectivity index is 1.24. The van der Waals surface area contributed by atoms with Crippen molar-refractivity contribution >= 4 is 16.5 Å². The predicted octanol–water partition coefficient (Wildman–Crippen LogP) is 3.99. The van der Waals surface area contributed by atoms with E-state index in [0.717, 1.165) is 24.4 Å². The summed E-state index contributed by atoms with van der Waals surface area (Å²) in [5, 5.41) is 15.3. The van der Waals surface area contributed by atoms with E-state index in [-0.39, 0.29) is 6.61 Å². The van der Waals surface area contributed by atoms with Crippen LogP contribution in [0.3, 0.4) is 0 Å². The number of aliphatic hydroxyl groups excluding tert-OH is 1. The summed E-state index contributed by atoms with van der Waals surface area (Å²) in [7, 11) is 0. The number of nitrogens with one attached hydrogen (secondary N) is 1. The van der Waals surface area contributed by atoms with E-state index in [1.165, 1.54) is 34.9 Å². The fourth-order valence-corrected chi connectivity index (χ4v) is 5.15. The smallest absolute Gasteiger partial charge is 0.122 e. The van der Waals surface area contributed by atoms with Crippen molar-refractivity contribution in [3.63, 3.8) is 0 Å². The number of aliphatic hydroxyl groups is 1. The number of nitrogens with zero attached hydrogens (tertiary/aromatic N) is 2. The molecule has 1 saturated heterocycles. The highest BCUT2D eigenvalue weighted by Crippen LogP contribution is 2.41. The van der Waals surface area contributed by atoms with Crippen molar-refractivity contribution in [1.82, 2.24) is 9.88 Å². The monoisotopic (exact) mass is 403 g/mol. The van der Waals surface area contributed by atoms with Crippen molar-refractivity contribution in [2.45, 2.75) is 38.4 Å². The highest BCUT2D eigenvalue weighted by atomic mass is 16.5. The molecule has 5 rings (SSSR count). The van der Waals surface area contributed by atoms with E-state index in [2.05, 4.69) is 57.7 Å². The van der Waals surface area contributed by atoms with Crippen LogP contribution in [0.15, 0.2) is 54.9 Å². The van der Waals surface area contributed by atoms with Gasteiger partial charge in [0.25, 0.3) is 0 Å². The molecule has 5 nitrogen and oxygen atoms in total. The molecule has 0 spiro atoms. The van der Waals surface area contributed by atoms with Gasteiger partial charge in [0.15, 0.2) is 0 Å². The molecule has 1 aromatic heterocycles. The third-order valence-electron chi connectivity index (χ3n) is 6.66. The molecule has 3 atom stereocenters. The first-order valence-corrected chi connectivity index (χ1v) is 10.9. The van der Waals surface area contributed by atoms with E-state index in [9.17, 15) is 0 Å². The maximum absolute atomic E-state index is 9.04. The molecule has 30 heavy (non-hydrogen) atoms. The summed E-state index contributed by atoms with van der Waals surface area (Å²) in [4.78, 5) is 6.87. The van der Waals surface area contributed by atoms with Crippen LogP contribution >= 0.6 is 0 Å². The topological polar surface area (TPSA) is 57.6 Å². The fraction of sp³-hybridized carbons (Fsp3) is 0.400. The minimum Gasteiger partial charge on any atom is -0.491 e. The van der Waals surface area contributed by atoms with Crippen molar-refractivity contribution in [2.24, 2.45) is 5.92 Å². The minimum absolute atomic E-state index is 0.0428. The number of pyridine rings is 1. The van der Waals surface area contributed by atoms with Crippen LogP contribution in [0.1, 0.15) is 24.0 Å². The Morgan fingerprint density at radius 3 is 2.97 bits per heavy atom. The van der Waals surface area contributed by atoms with Gasteiger partial charge in [0.1, 0.15) is 12.4 Å². The molecule has 2 heterocycles. The number of aryl methyl sites for hydroxylation is 1. The molecular weight excluding hydrogens is 374 g/mol. The van der Waals surface area contributed by atoms with Gasteiger partial charge in [-0.15, -0.1) is 0 Å². The van der Waals surface area contributed by atoms with Gasteiger partial charge in [0.05, 0.1) is 6.61 Å². The number of likely N-dealkylation sites (tertiary alicyclic amines) is 1. The molecule has 2 bridgehead atoms. The number of piperidine rings is 1. The molecule has 2 aliphatic rings. The molecule has 1 saturated carbocycles. The Hall–Kier alpha value is -2.63. The standard InChI is InChI=1S/C25H29N3O2/c1-17-5-6-18(11-25(17)30-10-9-29)15-28-16-20-12-21(28)13-24(20)27-23-4-2-3-19-14-26-8-7-22(19)23/h2-8,11,14,20-21,24,27,29H,9-10,12-13,15-16H2,1H3. The Labute approximate surface area is 177 Å². The molecule has 0 amide bonds. The summed E-state index contributed by atoms with van der Waals surface area (Å²) in [6.45, 7) is 4.53. The van der Waals surface area contributed by atoms with Gasteiger partial charge in [-0.1, -0.05) is 24.3 Å². The number of hydrogen-bond acceptors (Lipinski definition) is 5. The van der Waals surface area contributed by atoms with Gasteiger partial charge in [-0.05, 0) is 55.0 Å². The van der Waals surface area contributed by atoms with Crippen molar-refractivity contribution in [3.05, 3.63) is 66.0 Å². The fourth-order valence-electron chi connectivity index (χ4n) is 5.15. The first kappa shape index (κ1) is 19.3. The quantitative estimate of drug-likeness (QED) is 0.625. The second kappa shape index (κ2) is 8.25. The first-order valence-electron chi connectivity index (χ1n) is 10.9. The maximum Gasteiger partial charge on any atom is 0.122 e. The zero-order valence-corrected chi connectivity index (χ0v) is 17.4. The lowest BCUT2D eigenvalue weighted by atomic mass is 10.0. The number of rotatable bonds is 7. The molecule has 2 N–H and O–H groups in total. The molecule has 1 aliphatic carbocycles. The minimum atomic E-state index is 0.0428. The largest absolute Gasteiger partial charge is 0.491 e. The zero-order chi connectivity index (χ0) is 20.5. The van der Waals surface area contributed by atoms with Gasteiger partial charge in [-0.2, -0.15) is 0 Å². The molecule has 2 aromatic carbocycles. The van der Waals surface area contributed by atoms with E-state index >= 15 is 0 Å². The van der Waals surface area contributed by atoms with E-state index in [0.29, 0.717) is 24.6 Å². The summed E-state index contributed by atoms with van der Waals surface area (Å²) in [6, 6.07) is 16.1. The first-order chi connectivity index (χ1) is 14.7. The summed E-state index contributed by atoms with van der Waals surface area (Å²) in [5.74, 6) is 1.57. The van der Waals surface area contributed by atoms with Gasteiger partial charge >= 0.3 is 0 Å². The van der Waals surface area contributed by atoms with E-state index in [1.807, 2.05) is 19.3 Å². The van der Waals surface area contributed by atoms with Crippen molar-refractivity contribution in [1.29, 1.82) is 0 Å². The SMILES string of the molecule is Cc1ccc(CN2CC3CC2CC3Nc2cccc3cnccc23)cc1OCCO. The van der Waals surface area contributed by atoms with Gasteiger partial charge in [0, 0.05) is 54.0 Å². The summed E-state index contributed by atoms with van der Waals surface area (Å²) < 4.78 is 5.69. The molecule has 3 unspecified atom stereocenters. The molecule has 0 radical (unpaired) electrons. The molecule has 5 heteroatoms. The second-order valence-corrected chi connectivity index (χ2v) is 8.64. The van der Waals surface area contributed by atoms with Gasteiger partial charge < -0.3 is 15.2 Å². The molecule has 156 valence electrons. The Kier molecular flexibility index (Phi) is 5.32. The average molecular weight is 404 g/mol. The number of anilines is 1. The van der Waals surface area contributed by atoms with E-state index in [1.54, 1.807) is 0 Å². The molecule has 3 aromatic rings. The number of aromatic nitrogens is 1. The number of benzene rings is 2. The second-order valence-electron chi connectivity index (χ2n) is 8.64. The van der Waals surface area contributed by atoms with Crippen LogP contribution in [0.25, 0.3) is 10.8 Å². The molecule has 1 aliphatic heterocycles. The molecule has 2 fully saturated rings. The van der Waals surface area contributed by atoms with Crippen LogP contribution in [-0.2, 0) is 6.54 Å². The Bertz CT molecular complexity index is 1030. The van der Waals surface area contributed by atoms with Crippen molar-refractivity contribution in [2.75, 3.05) is 25.1 Å². The predicted molar refractivity (Wildman–Crippen MR) is 120 cm³/mol. The summed E-state index contributed by atoms with van der Waals surface area (Å²) >= 11 is 0. The van der Waals surface area contributed by atoms with Crippen molar-refractivity contribution < 1.29 is 9.84 Å². The van der Waals surface area contributed by atoms with Crippen LogP contribution in [0.5, 0.6) is 5.75 Å². The maximum atomic E-state index is 9.04. The molecular formula is C25H29N3O2. The third-order valence-corrected chi connectivity index (χ3v) is 6.66. The average Bonchev–Trinajstić information content (AvgIpc) is 3.34. The Morgan fingerprint density at radius 2 is 2.13 bits per heavy atom. The highest BCUT2D eigenvalue weighted by molar-refractivity contribution is 5.93. The number of fused-ring (bicyclic) bond motifs is 3. The highest BCUT2D eigenvalue weighted by Gasteiger charge is 2.44. The van der Waals surface area contributed by atoms with Crippen molar-refractivity contribution in [3.8, 4) is 5.75 Å². The lowest BCUT2D eigenvalue weighted by Crippen LogP contribution is -2.40. The van der Waals surface area contributed by atoms with Gasteiger partial charge in [0.2, 0.25) is 0 Å². The Morgan fingerprint density at radius 1 is 1.20 bits per heavy atom. The van der Waals surface area contributed by atoms with Gasteiger partial charge in [-0.25, -0.2) is 0 Å². The summed E-state index contributed by atoms with van der Waals surface area (Å²) in [5.41, 5.74) is 3.63. The normalized spacial score (nSPS) is 23.2. The lowest BCUT2D eigenvalue weighted by Gasteiger charge is -2.32. The van der Waals surface area contributed by atoms with Crippen LogP contribution in [0, 0.1) is 12.8 Å². The van der Waals surface area contributed by atoms with Crippen LogP contribution in [0.2, 0.25) is 0 Å². The van der Waals surface area contributed by atoms with Gasteiger partial charge in [-0.3, -0.25) is 9.88 Å². The van der Waals surface area contributed by atoms with Crippen LogP contribution in [0.4, 0.5) is 5.69 Å². The summed E-state index contributed by atoms with van der Waals surface area (Å²) in [6.07, 6.45) is 6.26. The van der Waals surface area contributed by atoms with Crippen LogP contribution < -0.4 is 10.1 Å². The van der Waals surface area contributed by atoms with Crippen LogP contribution in [-0.4, -0.2) is 46.8 Å². The third kappa shape index (κ3) is 3.75. The zero-order valence-electron chi connectivity index (χ0n) is 17.4. The van der Waals surface area contributed by atoms with E-state index in [4.69, 9.17) is 9.84 Å². The lowest BCUT2D eigenvalue weighted by molar-refractivity contribution is 0.194.